The zero-order valence-electron chi connectivity index (χ0n) is 18.1. The summed E-state index contributed by atoms with van der Waals surface area (Å²) in [5.74, 6) is 1.74. The van der Waals surface area contributed by atoms with Gasteiger partial charge in [0.1, 0.15) is 5.54 Å². The molecule has 0 saturated heterocycles. The summed E-state index contributed by atoms with van der Waals surface area (Å²) in [6.07, 6.45) is 10.2. The van der Waals surface area contributed by atoms with Crippen LogP contribution in [0.5, 0.6) is 0 Å². The van der Waals surface area contributed by atoms with Gasteiger partial charge >= 0.3 is 0 Å². The van der Waals surface area contributed by atoms with Gasteiger partial charge in [0.05, 0.1) is 0 Å². The van der Waals surface area contributed by atoms with Crippen LogP contribution in [0.1, 0.15) is 80.1 Å². The summed E-state index contributed by atoms with van der Waals surface area (Å²) in [5.41, 5.74) is 5.99. The van der Waals surface area contributed by atoms with Crippen molar-refractivity contribution in [1.29, 1.82) is 0 Å². The van der Waals surface area contributed by atoms with Crippen LogP contribution >= 0.6 is 0 Å². The highest BCUT2D eigenvalue weighted by Crippen LogP contribution is 2.60. The summed E-state index contributed by atoms with van der Waals surface area (Å²) in [7, 11) is 0. The molecule has 3 amide bonds. The van der Waals surface area contributed by atoms with Gasteiger partial charge in [-0.2, -0.15) is 0 Å². The van der Waals surface area contributed by atoms with Crippen LogP contribution in [-0.2, 0) is 16.1 Å². The van der Waals surface area contributed by atoms with E-state index in [0.717, 1.165) is 55.4 Å². The third-order valence-electron chi connectivity index (χ3n) is 8.47. The molecule has 0 radical (unpaired) electrons. The lowest BCUT2D eigenvalue weighted by Crippen LogP contribution is -2.55. The first kappa shape index (κ1) is 20.5. The molecule has 1 aromatic rings. The van der Waals surface area contributed by atoms with Crippen LogP contribution in [0.3, 0.4) is 0 Å². The van der Waals surface area contributed by atoms with E-state index in [0.29, 0.717) is 24.9 Å². The first-order chi connectivity index (χ1) is 14.9. The number of rotatable bonds is 6. The van der Waals surface area contributed by atoms with Crippen molar-refractivity contribution < 1.29 is 14.4 Å². The van der Waals surface area contributed by atoms with Crippen LogP contribution in [-0.4, -0.2) is 23.3 Å². The summed E-state index contributed by atoms with van der Waals surface area (Å²) in [4.78, 5) is 37.7. The number of benzene rings is 1. The van der Waals surface area contributed by atoms with Crippen molar-refractivity contribution in [1.82, 2.24) is 10.6 Å². The molecule has 0 spiro atoms. The highest BCUT2D eigenvalue weighted by molar-refractivity contribution is 5.99. The van der Waals surface area contributed by atoms with Crippen molar-refractivity contribution in [2.24, 2.45) is 28.9 Å². The third-order valence-corrected chi connectivity index (χ3v) is 8.47. The molecular weight excluding hydrogens is 390 g/mol. The van der Waals surface area contributed by atoms with Gasteiger partial charge in [0, 0.05) is 17.5 Å². The van der Waals surface area contributed by atoms with Gasteiger partial charge in [0.25, 0.3) is 5.91 Å². The van der Waals surface area contributed by atoms with Gasteiger partial charge in [-0.05, 0) is 86.8 Å². The van der Waals surface area contributed by atoms with Crippen molar-refractivity contribution in [3.05, 3.63) is 35.4 Å². The van der Waals surface area contributed by atoms with Gasteiger partial charge in [-0.25, -0.2) is 0 Å². The lowest BCUT2D eigenvalue weighted by molar-refractivity contribution is -0.146. The van der Waals surface area contributed by atoms with Crippen molar-refractivity contribution in [3.63, 3.8) is 0 Å². The second-order valence-corrected chi connectivity index (χ2v) is 10.7. The predicted octanol–water partition coefficient (Wildman–Crippen LogP) is 3.05. The minimum Gasteiger partial charge on any atom is -0.368 e. The van der Waals surface area contributed by atoms with Gasteiger partial charge in [0.15, 0.2) is 0 Å². The second-order valence-electron chi connectivity index (χ2n) is 10.7. The Morgan fingerprint density at radius 2 is 1.45 bits per heavy atom. The molecule has 5 saturated carbocycles. The summed E-state index contributed by atoms with van der Waals surface area (Å²) in [6, 6.07) is 7.26. The van der Waals surface area contributed by atoms with E-state index in [1.807, 2.05) is 12.1 Å². The molecule has 6 rings (SSSR count). The topological polar surface area (TPSA) is 101 Å². The molecule has 0 aliphatic heterocycles. The molecule has 6 heteroatoms. The van der Waals surface area contributed by atoms with Crippen LogP contribution in [0, 0.1) is 23.2 Å². The Bertz CT molecular complexity index is 850. The quantitative estimate of drug-likeness (QED) is 0.655. The lowest BCUT2D eigenvalue weighted by Gasteiger charge is -2.55. The number of carbonyl (C=O) groups excluding carboxylic acids is 3. The number of nitrogens with two attached hydrogens (primary N) is 1. The largest absolute Gasteiger partial charge is 0.368 e. The Kier molecular flexibility index (Phi) is 5.06. The van der Waals surface area contributed by atoms with E-state index < -0.39 is 11.4 Å². The summed E-state index contributed by atoms with van der Waals surface area (Å²) < 4.78 is 0. The summed E-state index contributed by atoms with van der Waals surface area (Å²) in [6.45, 7) is 0.480. The number of hydrogen-bond acceptors (Lipinski definition) is 3. The molecule has 0 aromatic heterocycles. The molecule has 0 atom stereocenters. The van der Waals surface area contributed by atoms with E-state index >= 15 is 0 Å². The van der Waals surface area contributed by atoms with Crippen molar-refractivity contribution in [3.8, 4) is 0 Å². The Morgan fingerprint density at radius 3 is 1.97 bits per heavy atom. The second kappa shape index (κ2) is 7.64. The predicted molar refractivity (Wildman–Crippen MR) is 117 cm³/mol. The number of hydrogen-bond donors (Lipinski definition) is 3. The van der Waals surface area contributed by atoms with E-state index in [-0.39, 0.29) is 17.2 Å². The molecule has 0 unspecified atom stereocenters. The molecule has 5 fully saturated rings. The fraction of sp³-hybridized carbons (Fsp3) is 0.640. The Morgan fingerprint density at radius 1 is 0.903 bits per heavy atom. The fourth-order valence-corrected chi connectivity index (χ4v) is 7.23. The number of nitrogens with one attached hydrogen (secondary N) is 2. The SMILES string of the molecule is NC(=O)C1(NC(=O)c2ccc(CNC(=O)C34CC5CC(CC(C5)C3)C4)cc2)CCCC1. The maximum absolute atomic E-state index is 13.1. The van der Waals surface area contributed by atoms with Crippen LogP contribution in [0.2, 0.25) is 0 Å². The maximum Gasteiger partial charge on any atom is 0.252 e. The smallest absolute Gasteiger partial charge is 0.252 e. The van der Waals surface area contributed by atoms with Gasteiger partial charge in [-0.3, -0.25) is 14.4 Å². The summed E-state index contributed by atoms with van der Waals surface area (Å²) >= 11 is 0. The molecule has 5 aliphatic rings. The molecule has 4 N–H and O–H groups in total. The average Bonchev–Trinajstić information content (AvgIpc) is 3.21. The van der Waals surface area contributed by atoms with Crippen molar-refractivity contribution in [2.45, 2.75) is 76.3 Å². The standard InChI is InChI=1S/C25H33N3O3/c26-22(30)25(7-1-2-8-25)28-21(29)20-5-3-16(4-6-20)15-27-23(31)24-12-17-9-18(13-24)11-19(10-17)14-24/h3-6,17-19H,1-2,7-15H2,(H2,26,30)(H,27,31)(H,28,29). The zero-order valence-corrected chi connectivity index (χ0v) is 18.1. The molecule has 0 heterocycles. The number of carbonyl (C=O) groups is 3. The zero-order chi connectivity index (χ0) is 21.6. The van der Waals surface area contributed by atoms with Gasteiger partial charge < -0.3 is 16.4 Å². The summed E-state index contributed by atoms with van der Waals surface area (Å²) in [5, 5.41) is 6.05. The average molecular weight is 424 g/mol. The van der Waals surface area contributed by atoms with Crippen LogP contribution < -0.4 is 16.4 Å². The number of primary amides is 1. The first-order valence-corrected chi connectivity index (χ1v) is 11.9. The van der Waals surface area contributed by atoms with Crippen LogP contribution in [0.15, 0.2) is 24.3 Å². The van der Waals surface area contributed by atoms with Crippen LogP contribution in [0.4, 0.5) is 0 Å². The molecule has 5 aliphatic carbocycles. The first-order valence-electron chi connectivity index (χ1n) is 11.9. The Labute approximate surface area is 183 Å². The molecule has 31 heavy (non-hydrogen) atoms. The molecular formula is C25H33N3O3. The maximum atomic E-state index is 13.1. The Hall–Kier alpha value is -2.37. The number of amides is 3. The lowest BCUT2D eigenvalue weighted by atomic mass is 9.49. The monoisotopic (exact) mass is 423 g/mol. The van der Waals surface area contributed by atoms with E-state index in [9.17, 15) is 14.4 Å². The fourth-order valence-electron chi connectivity index (χ4n) is 7.23. The van der Waals surface area contributed by atoms with Gasteiger partial charge in [-0.15, -0.1) is 0 Å². The van der Waals surface area contributed by atoms with Crippen LogP contribution in [0.25, 0.3) is 0 Å². The molecule has 6 nitrogen and oxygen atoms in total. The normalized spacial score (nSPS) is 32.6. The highest BCUT2D eigenvalue weighted by Gasteiger charge is 2.54. The van der Waals surface area contributed by atoms with E-state index in [1.54, 1.807) is 12.1 Å². The van der Waals surface area contributed by atoms with E-state index in [1.165, 1.54) is 19.3 Å². The van der Waals surface area contributed by atoms with E-state index in [2.05, 4.69) is 10.6 Å². The molecule has 166 valence electrons. The van der Waals surface area contributed by atoms with Gasteiger partial charge in [0.2, 0.25) is 11.8 Å². The highest BCUT2D eigenvalue weighted by atomic mass is 16.2. The van der Waals surface area contributed by atoms with Gasteiger partial charge in [-0.1, -0.05) is 25.0 Å². The minimum atomic E-state index is -0.915. The van der Waals surface area contributed by atoms with Crippen molar-refractivity contribution in [2.75, 3.05) is 0 Å². The minimum absolute atomic E-state index is 0.140. The molecule has 1 aromatic carbocycles. The third kappa shape index (κ3) is 3.74. The Balaban J connectivity index is 1.19. The van der Waals surface area contributed by atoms with Crippen molar-refractivity contribution >= 4 is 17.7 Å². The van der Waals surface area contributed by atoms with E-state index in [4.69, 9.17) is 5.73 Å². The molecule has 4 bridgehead atoms.